The van der Waals surface area contributed by atoms with Gasteiger partial charge in [-0.2, -0.15) is 0 Å². The van der Waals surface area contributed by atoms with Crippen LogP contribution in [0, 0.1) is 0 Å². The Bertz CT molecular complexity index is 278. The molecule has 0 aliphatic rings. The molecular weight excluding hydrogens is 162 g/mol. The molecule has 0 fully saturated rings. The Morgan fingerprint density at radius 3 is 2.64 bits per heavy atom. The van der Waals surface area contributed by atoms with Crippen LogP contribution in [0.15, 0.2) is 6.07 Å². The van der Waals surface area contributed by atoms with E-state index in [1.165, 1.54) is 6.92 Å². The fourth-order valence-electron chi connectivity index (χ4n) is 0.928. The smallest absolute Gasteiger partial charge is 0.177 e. The van der Waals surface area contributed by atoms with E-state index in [9.17, 15) is 4.79 Å². The van der Waals surface area contributed by atoms with Crippen molar-refractivity contribution in [1.29, 1.82) is 0 Å². The van der Waals surface area contributed by atoms with E-state index in [1.54, 1.807) is 6.07 Å². The first-order valence-corrected chi connectivity index (χ1v) is 3.91. The molecule has 1 rings (SSSR count). The number of carbonyl (C=O) groups excluding carboxylic acids is 1. The molecule has 0 atom stereocenters. The summed E-state index contributed by atoms with van der Waals surface area (Å²) in [7, 11) is 0. The summed E-state index contributed by atoms with van der Waals surface area (Å²) < 4.78 is 0. The van der Waals surface area contributed by atoms with Crippen molar-refractivity contribution in [2.45, 2.75) is 20.3 Å². The maximum Gasteiger partial charge on any atom is 0.177 e. The van der Waals surface area contributed by atoms with Gasteiger partial charge in [0.2, 0.25) is 0 Å². The summed E-state index contributed by atoms with van der Waals surface area (Å²) in [5.41, 5.74) is 1.52. The molecule has 0 aromatic carbocycles. The molecule has 0 amide bonds. The number of H-pyrrole nitrogens is 1. The maximum absolute atomic E-state index is 10.9. The lowest BCUT2D eigenvalue weighted by atomic mass is 10.3. The zero-order valence-electron chi connectivity index (χ0n) is 6.57. The van der Waals surface area contributed by atoms with Crippen LogP contribution in [-0.4, -0.2) is 10.8 Å². The second kappa shape index (κ2) is 3.09. The minimum atomic E-state index is -0.0188. The van der Waals surface area contributed by atoms with Crippen LogP contribution in [-0.2, 0) is 6.42 Å². The molecular formula is C8H10ClNO. The Morgan fingerprint density at radius 2 is 2.36 bits per heavy atom. The normalized spacial score (nSPS) is 10.1. The summed E-state index contributed by atoms with van der Waals surface area (Å²) in [6.07, 6.45) is 0.868. The zero-order chi connectivity index (χ0) is 8.43. The van der Waals surface area contributed by atoms with E-state index in [0.717, 1.165) is 12.1 Å². The van der Waals surface area contributed by atoms with Crippen molar-refractivity contribution >= 4 is 17.4 Å². The minimum absolute atomic E-state index is 0.0188. The number of ketones is 1. The Morgan fingerprint density at radius 1 is 1.73 bits per heavy atom. The lowest BCUT2D eigenvalue weighted by Gasteiger charge is -1.89. The highest BCUT2D eigenvalue weighted by molar-refractivity contribution is 6.33. The van der Waals surface area contributed by atoms with Gasteiger partial charge in [-0.1, -0.05) is 18.5 Å². The SMILES string of the molecule is CCc1cc(Cl)c(C(C)=O)[nH]1. The molecule has 60 valence electrons. The molecule has 11 heavy (non-hydrogen) atoms. The van der Waals surface area contributed by atoms with Gasteiger partial charge in [0.25, 0.3) is 0 Å². The van der Waals surface area contributed by atoms with E-state index in [-0.39, 0.29) is 5.78 Å². The van der Waals surface area contributed by atoms with Gasteiger partial charge < -0.3 is 4.98 Å². The molecule has 1 aromatic rings. The topological polar surface area (TPSA) is 32.9 Å². The number of Topliss-reactive ketones (excluding diaryl/α,β-unsaturated/α-hetero) is 1. The lowest BCUT2D eigenvalue weighted by Crippen LogP contribution is -1.93. The highest BCUT2D eigenvalue weighted by atomic mass is 35.5. The Labute approximate surface area is 70.6 Å². The number of aromatic amines is 1. The number of hydrogen-bond donors (Lipinski definition) is 1. The average Bonchev–Trinajstić information content (AvgIpc) is 2.30. The van der Waals surface area contributed by atoms with E-state index >= 15 is 0 Å². The van der Waals surface area contributed by atoms with Gasteiger partial charge in [-0.3, -0.25) is 4.79 Å². The molecule has 1 N–H and O–H groups in total. The maximum atomic E-state index is 10.9. The van der Waals surface area contributed by atoms with Gasteiger partial charge in [-0.25, -0.2) is 0 Å². The number of aryl methyl sites for hydroxylation is 1. The highest BCUT2D eigenvalue weighted by Gasteiger charge is 2.08. The minimum Gasteiger partial charge on any atom is -0.355 e. The largest absolute Gasteiger partial charge is 0.355 e. The van der Waals surface area contributed by atoms with Crippen LogP contribution in [0.3, 0.4) is 0 Å². The second-order valence-electron chi connectivity index (χ2n) is 2.43. The molecule has 0 bridgehead atoms. The first-order chi connectivity index (χ1) is 5.15. The predicted octanol–water partition coefficient (Wildman–Crippen LogP) is 2.43. The van der Waals surface area contributed by atoms with Gasteiger partial charge in [-0.05, 0) is 12.5 Å². The number of carbonyl (C=O) groups is 1. The van der Waals surface area contributed by atoms with Crippen molar-refractivity contribution in [3.63, 3.8) is 0 Å². The number of halogens is 1. The molecule has 1 heterocycles. The summed E-state index contributed by atoms with van der Waals surface area (Å²) >= 11 is 5.77. The molecule has 0 aliphatic carbocycles. The van der Waals surface area contributed by atoms with Crippen molar-refractivity contribution in [2.75, 3.05) is 0 Å². The first kappa shape index (κ1) is 8.34. The molecule has 0 aliphatic heterocycles. The summed E-state index contributed by atoms with van der Waals surface area (Å²) in [4.78, 5) is 13.8. The van der Waals surface area contributed by atoms with Gasteiger partial charge in [0.1, 0.15) is 5.69 Å². The van der Waals surface area contributed by atoms with Crippen LogP contribution < -0.4 is 0 Å². The Kier molecular flexibility index (Phi) is 2.35. The molecule has 0 spiro atoms. The number of rotatable bonds is 2. The van der Waals surface area contributed by atoms with Crippen LogP contribution in [0.5, 0.6) is 0 Å². The summed E-state index contributed by atoms with van der Waals surface area (Å²) in [5.74, 6) is -0.0188. The standard InChI is InChI=1S/C8H10ClNO/c1-3-6-4-7(9)8(10-6)5(2)11/h4,10H,3H2,1-2H3. The molecule has 0 unspecified atom stereocenters. The molecule has 3 heteroatoms. The van der Waals surface area contributed by atoms with E-state index in [1.807, 2.05) is 6.92 Å². The third-order valence-corrected chi connectivity index (χ3v) is 1.86. The van der Waals surface area contributed by atoms with Crippen LogP contribution in [0.2, 0.25) is 5.02 Å². The predicted molar refractivity (Wildman–Crippen MR) is 45.2 cm³/mol. The quantitative estimate of drug-likeness (QED) is 0.682. The summed E-state index contributed by atoms with van der Waals surface area (Å²) in [6, 6.07) is 1.79. The number of hydrogen-bond acceptors (Lipinski definition) is 1. The molecule has 0 saturated heterocycles. The van der Waals surface area contributed by atoms with Crippen molar-refractivity contribution in [1.82, 2.24) is 4.98 Å². The molecule has 0 saturated carbocycles. The fourth-order valence-corrected chi connectivity index (χ4v) is 1.24. The molecule has 0 radical (unpaired) electrons. The highest BCUT2D eigenvalue weighted by Crippen LogP contribution is 2.17. The van der Waals surface area contributed by atoms with Crippen molar-refractivity contribution in [3.05, 3.63) is 22.5 Å². The Balaban J connectivity index is 3.07. The summed E-state index contributed by atoms with van der Waals surface area (Å²) in [5, 5.41) is 0.523. The van der Waals surface area contributed by atoms with Gasteiger partial charge in [0.05, 0.1) is 5.02 Å². The third-order valence-electron chi connectivity index (χ3n) is 1.56. The zero-order valence-corrected chi connectivity index (χ0v) is 7.33. The van der Waals surface area contributed by atoms with Crippen LogP contribution in [0.4, 0.5) is 0 Å². The third kappa shape index (κ3) is 1.63. The van der Waals surface area contributed by atoms with Crippen molar-refractivity contribution in [2.24, 2.45) is 0 Å². The van der Waals surface area contributed by atoms with Crippen LogP contribution in [0.25, 0.3) is 0 Å². The average molecular weight is 172 g/mol. The summed E-state index contributed by atoms with van der Waals surface area (Å²) in [6.45, 7) is 3.50. The number of aromatic nitrogens is 1. The second-order valence-corrected chi connectivity index (χ2v) is 2.83. The monoisotopic (exact) mass is 171 g/mol. The van der Waals surface area contributed by atoms with Crippen LogP contribution >= 0.6 is 11.6 Å². The molecule has 2 nitrogen and oxygen atoms in total. The van der Waals surface area contributed by atoms with Gasteiger partial charge >= 0.3 is 0 Å². The van der Waals surface area contributed by atoms with E-state index in [0.29, 0.717) is 10.7 Å². The van der Waals surface area contributed by atoms with Gasteiger partial charge in [0, 0.05) is 12.6 Å². The lowest BCUT2D eigenvalue weighted by molar-refractivity contribution is 0.101. The molecule has 1 aromatic heterocycles. The van der Waals surface area contributed by atoms with Crippen molar-refractivity contribution in [3.8, 4) is 0 Å². The van der Waals surface area contributed by atoms with Gasteiger partial charge in [-0.15, -0.1) is 0 Å². The Hall–Kier alpha value is -0.760. The first-order valence-electron chi connectivity index (χ1n) is 3.53. The fraction of sp³-hybridized carbons (Fsp3) is 0.375. The van der Waals surface area contributed by atoms with Crippen molar-refractivity contribution < 1.29 is 4.79 Å². The number of nitrogens with one attached hydrogen (secondary N) is 1. The van der Waals surface area contributed by atoms with E-state index < -0.39 is 0 Å². The van der Waals surface area contributed by atoms with Gasteiger partial charge in [0.15, 0.2) is 5.78 Å². The van der Waals surface area contributed by atoms with E-state index in [2.05, 4.69) is 4.98 Å². The van der Waals surface area contributed by atoms with E-state index in [4.69, 9.17) is 11.6 Å². The van der Waals surface area contributed by atoms with Crippen LogP contribution in [0.1, 0.15) is 30.0 Å².